The lowest BCUT2D eigenvalue weighted by Crippen LogP contribution is -2.24. The SMILES string of the molecule is O=C(O)C(F)C(O)c1c(F)cccc1F. The van der Waals surface area contributed by atoms with E-state index >= 15 is 0 Å². The minimum Gasteiger partial charge on any atom is -0.479 e. The molecule has 0 saturated heterocycles. The molecule has 0 fully saturated rings. The van der Waals surface area contributed by atoms with E-state index < -0.39 is 35.4 Å². The number of carbonyl (C=O) groups is 1. The summed E-state index contributed by atoms with van der Waals surface area (Å²) in [4.78, 5) is 10.2. The summed E-state index contributed by atoms with van der Waals surface area (Å²) in [5, 5.41) is 17.3. The lowest BCUT2D eigenvalue weighted by atomic mass is 10.0. The highest BCUT2D eigenvalue weighted by molar-refractivity contribution is 5.73. The van der Waals surface area contributed by atoms with E-state index in [9.17, 15) is 18.0 Å². The number of aliphatic hydroxyl groups is 1. The van der Waals surface area contributed by atoms with Gasteiger partial charge in [0.2, 0.25) is 6.17 Å². The van der Waals surface area contributed by atoms with Gasteiger partial charge in [-0.3, -0.25) is 0 Å². The Morgan fingerprint density at radius 1 is 1.27 bits per heavy atom. The number of aliphatic hydroxyl groups excluding tert-OH is 1. The van der Waals surface area contributed by atoms with E-state index in [2.05, 4.69) is 0 Å². The minimum atomic E-state index is -2.77. The molecule has 0 aliphatic rings. The van der Waals surface area contributed by atoms with Crippen LogP contribution in [0, 0.1) is 11.6 Å². The molecule has 2 unspecified atom stereocenters. The van der Waals surface area contributed by atoms with Crippen molar-refractivity contribution in [1.29, 1.82) is 0 Å². The summed E-state index contributed by atoms with van der Waals surface area (Å²) in [5.41, 5.74) is -0.979. The van der Waals surface area contributed by atoms with Crippen molar-refractivity contribution in [2.75, 3.05) is 0 Å². The van der Waals surface area contributed by atoms with E-state index in [-0.39, 0.29) is 0 Å². The molecular weight excluding hydrogens is 213 g/mol. The Kier molecular flexibility index (Phi) is 3.31. The van der Waals surface area contributed by atoms with E-state index in [0.29, 0.717) is 0 Å². The number of hydrogen-bond acceptors (Lipinski definition) is 2. The molecule has 0 spiro atoms. The van der Waals surface area contributed by atoms with Crippen LogP contribution in [-0.2, 0) is 4.79 Å². The van der Waals surface area contributed by atoms with Crippen LogP contribution in [0.4, 0.5) is 13.2 Å². The maximum atomic E-state index is 13.0. The van der Waals surface area contributed by atoms with E-state index in [1.165, 1.54) is 0 Å². The molecule has 15 heavy (non-hydrogen) atoms. The van der Waals surface area contributed by atoms with Gasteiger partial charge in [-0.25, -0.2) is 18.0 Å². The van der Waals surface area contributed by atoms with E-state index in [1.54, 1.807) is 0 Å². The van der Waals surface area contributed by atoms with Crippen molar-refractivity contribution in [2.45, 2.75) is 12.3 Å². The van der Waals surface area contributed by atoms with Crippen molar-refractivity contribution >= 4 is 5.97 Å². The maximum Gasteiger partial charge on any atom is 0.341 e. The second-order valence-electron chi connectivity index (χ2n) is 2.82. The molecule has 1 aromatic rings. The predicted octanol–water partition coefficient (Wildman–Crippen LogP) is 1.42. The molecule has 2 N–H and O–H groups in total. The normalized spacial score (nSPS) is 14.7. The topological polar surface area (TPSA) is 57.5 Å². The van der Waals surface area contributed by atoms with Crippen LogP contribution in [0.25, 0.3) is 0 Å². The van der Waals surface area contributed by atoms with E-state index in [4.69, 9.17) is 10.2 Å². The number of aliphatic carboxylic acids is 1. The molecule has 0 aliphatic heterocycles. The largest absolute Gasteiger partial charge is 0.479 e. The van der Waals surface area contributed by atoms with Gasteiger partial charge in [0.05, 0.1) is 5.56 Å². The maximum absolute atomic E-state index is 13.0. The van der Waals surface area contributed by atoms with Crippen LogP contribution in [0.2, 0.25) is 0 Å². The smallest absolute Gasteiger partial charge is 0.341 e. The second-order valence-corrected chi connectivity index (χ2v) is 2.82. The van der Waals surface area contributed by atoms with Gasteiger partial charge in [-0.15, -0.1) is 0 Å². The lowest BCUT2D eigenvalue weighted by Gasteiger charge is -2.13. The Morgan fingerprint density at radius 2 is 1.73 bits per heavy atom. The highest BCUT2D eigenvalue weighted by atomic mass is 19.1. The number of benzene rings is 1. The average Bonchev–Trinajstić information content (AvgIpc) is 2.15. The van der Waals surface area contributed by atoms with Gasteiger partial charge in [0.1, 0.15) is 17.7 Å². The fourth-order valence-corrected chi connectivity index (χ4v) is 1.07. The highest BCUT2D eigenvalue weighted by Gasteiger charge is 2.31. The third-order valence-corrected chi connectivity index (χ3v) is 1.81. The summed E-state index contributed by atoms with van der Waals surface area (Å²) in [6.45, 7) is 0. The summed E-state index contributed by atoms with van der Waals surface area (Å²) < 4.78 is 38.7. The molecule has 0 saturated carbocycles. The molecule has 0 heterocycles. The molecular formula is C9H7F3O3. The zero-order valence-corrected chi connectivity index (χ0v) is 7.32. The van der Waals surface area contributed by atoms with Crippen LogP contribution in [0.5, 0.6) is 0 Å². The second kappa shape index (κ2) is 4.31. The summed E-state index contributed by atoms with van der Waals surface area (Å²) >= 11 is 0. The van der Waals surface area contributed by atoms with Crippen molar-refractivity contribution in [3.8, 4) is 0 Å². The van der Waals surface area contributed by atoms with Gasteiger partial charge >= 0.3 is 5.97 Å². The zero-order chi connectivity index (χ0) is 11.6. The first-order chi connectivity index (χ1) is 6.95. The van der Waals surface area contributed by atoms with Gasteiger partial charge in [0.25, 0.3) is 0 Å². The number of hydrogen-bond donors (Lipinski definition) is 2. The molecule has 0 aliphatic carbocycles. The quantitative estimate of drug-likeness (QED) is 0.809. The molecule has 0 bridgehead atoms. The third kappa shape index (κ3) is 2.27. The Morgan fingerprint density at radius 3 is 2.13 bits per heavy atom. The van der Waals surface area contributed by atoms with Crippen molar-refractivity contribution in [3.05, 3.63) is 35.4 Å². The van der Waals surface area contributed by atoms with E-state index in [0.717, 1.165) is 18.2 Å². The fraction of sp³-hybridized carbons (Fsp3) is 0.222. The van der Waals surface area contributed by atoms with Crippen molar-refractivity contribution < 1.29 is 28.2 Å². The van der Waals surface area contributed by atoms with Crippen molar-refractivity contribution in [3.63, 3.8) is 0 Å². The van der Waals surface area contributed by atoms with Gasteiger partial charge in [-0.05, 0) is 12.1 Å². The lowest BCUT2D eigenvalue weighted by molar-refractivity contribution is -0.147. The number of rotatable bonds is 3. The molecule has 0 aromatic heterocycles. The van der Waals surface area contributed by atoms with E-state index in [1.807, 2.05) is 0 Å². The number of carboxylic acids is 1. The van der Waals surface area contributed by atoms with Crippen molar-refractivity contribution in [1.82, 2.24) is 0 Å². The highest BCUT2D eigenvalue weighted by Crippen LogP contribution is 2.25. The van der Waals surface area contributed by atoms with Gasteiger partial charge in [-0.2, -0.15) is 0 Å². The Bertz CT molecular complexity index is 361. The predicted molar refractivity (Wildman–Crippen MR) is 43.8 cm³/mol. The third-order valence-electron chi connectivity index (χ3n) is 1.81. The molecule has 1 aromatic carbocycles. The first-order valence-corrected chi connectivity index (χ1v) is 3.94. The minimum absolute atomic E-state index is 0.802. The summed E-state index contributed by atoms with van der Waals surface area (Å²) in [7, 11) is 0. The average molecular weight is 220 g/mol. The Labute approximate surface area is 82.8 Å². The van der Waals surface area contributed by atoms with Crippen LogP contribution in [0.15, 0.2) is 18.2 Å². The van der Waals surface area contributed by atoms with Crippen molar-refractivity contribution in [2.24, 2.45) is 0 Å². The summed E-state index contributed by atoms with van der Waals surface area (Å²) in [6.07, 6.45) is -5.12. The van der Waals surface area contributed by atoms with Gasteiger partial charge in [0.15, 0.2) is 0 Å². The van der Waals surface area contributed by atoms with Crippen LogP contribution < -0.4 is 0 Å². The first-order valence-electron chi connectivity index (χ1n) is 3.94. The Hall–Kier alpha value is -1.56. The van der Waals surface area contributed by atoms with Crippen LogP contribution in [0.3, 0.4) is 0 Å². The molecule has 1 rings (SSSR count). The van der Waals surface area contributed by atoms with Crippen LogP contribution >= 0.6 is 0 Å². The number of alkyl halides is 1. The van der Waals surface area contributed by atoms with Gasteiger partial charge in [0, 0.05) is 0 Å². The standard InChI is InChI=1S/C9H7F3O3/c10-4-2-1-3-5(11)6(4)8(13)7(12)9(14)15/h1-3,7-8,13H,(H,14,15). The molecule has 2 atom stereocenters. The first kappa shape index (κ1) is 11.5. The van der Waals surface area contributed by atoms with Crippen LogP contribution in [0.1, 0.15) is 11.7 Å². The molecule has 3 nitrogen and oxygen atoms in total. The zero-order valence-electron chi connectivity index (χ0n) is 7.32. The van der Waals surface area contributed by atoms with Gasteiger partial charge < -0.3 is 10.2 Å². The molecule has 6 heteroatoms. The molecule has 82 valence electrons. The van der Waals surface area contributed by atoms with Crippen LogP contribution in [-0.4, -0.2) is 22.4 Å². The monoisotopic (exact) mass is 220 g/mol. The Balaban J connectivity index is 3.10. The van der Waals surface area contributed by atoms with Gasteiger partial charge in [-0.1, -0.05) is 6.07 Å². The molecule has 0 radical (unpaired) electrons. The fourth-order valence-electron chi connectivity index (χ4n) is 1.07. The number of halogens is 3. The molecule has 0 amide bonds. The summed E-state index contributed by atoms with van der Waals surface area (Å²) in [5.74, 6) is -4.36. The summed E-state index contributed by atoms with van der Waals surface area (Å²) in [6, 6.07) is 2.63. The number of carboxylic acid groups (broad SMARTS) is 1.